The highest BCUT2D eigenvalue weighted by molar-refractivity contribution is 7.99. The minimum Gasteiger partial charge on any atom is -0.508 e. The fourth-order valence-electron chi connectivity index (χ4n) is 13.2. The number of halogens is 2. The van der Waals surface area contributed by atoms with Crippen molar-refractivity contribution in [1.82, 2.24) is 5.32 Å². The fourth-order valence-corrected chi connectivity index (χ4v) is 14.8. The Morgan fingerprint density at radius 3 is 1.91 bits per heavy atom. The summed E-state index contributed by atoms with van der Waals surface area (Å²) in [6, 6.07) is 89.2. The molecule has 0 saturated heterocycles. The van der Waals surface area contributed by atoms with Crippen molar-refractivity contribution >= 4 is 115 Å². The van der Waals surface area contributed by atoms with Gasteiger partial charge in [-0.2, -0.15) is 0 Å². The number of aromatic hydroxyl groups is 1. The number of Topliss-reactive ketones (excluding diaryl/α,β-unsaturated/α-hetero) is 1. The summed E-state index contributed by atoms with van der Waals surface area (Å²) < 4.78 is 5.83. The number of fused-ring (bicyclic) bond motifs is 6. The largest absolute Gasteiger partial charge is 0.508 e. The first-order valence-corrected chi connectivity index (χ1v) is 36.2. The number of allylic oxidation sites excluding steroid dienone is 1. The van der Waals surface area contributed by atoms with Crippen molar-refractivity contribution < 1.29 is 34.9 Å². The normalized spacial score (nSPS) is 15.2. The van der Waals surface area contributed by atoms with Crippen molar-refractivity contribution in [2.45, 2.75) is 74.2 Å². The number of phenolic OH excluding ortho intramolecular Hbond substituents is 1. The van der Waals surface area contributed by atoms with Crippen LogP contribution in [-0.2, 0) is 13.0 Å². The molecule has 7 N–H and O–H groups in total. The molecular formula is C87H82Cl2N8O7S. The number of para-hydroxylation sites is 3. The number of nitro benzene ring substituents is 1. The molecule has 3 unspecified atom stereocenters. The van der Waals surface area contributed by atoms with Crippen molar-refractivity contribution in [3.05, 3.63) is 355 Å². The topological polar surface area (TPSA) is 208 Å². The summed E-state index contributed by atoms with van der Waals surface area (Å²) in [4.78, 5) is 53.6. The number of phenols is 1. The van der Waals surface area contributed by atoms with E-state index in [4.69, 9.17) is 32.9 Å². The quantitative estimate of drug-likeness (QED) is 0.0429. The van der Waals surface area contributed by atoms with E-state index in [1.165, 1.54) is 41.5 Å². The Bertz CT molecular complexity index is 5100. The molecule has 4 amide bonds. The standard InChI is InChI=1S/C26H20Cl2N4O3.C21H16N2O2S.C21H23N.C19H15NO2.4H2/c27-21-5-1-3-7-23(21)31-25(33)29-17-9-13-19(14-10-17)35-20-15-11-18(12-16-20)30-26(34)32-24-8-4-2-6-22(24)28;24-23(25)17-12-10-16(11-13-17)21-14-19(15-6-2-1-3-7-15)22-18-8-4-5-9-20(18)26-21;1-15-10-11-17-13-20-18(19(17)12-15)8-5-9-21(20)22-14-16-6-3-2-4-7-16;21-14-6-3-5-13(10-14)17-11-18(22)19-15-7-2-1-4-12(15)8-9-16(19)20-17;;;;/h1-16H,(H2,29,31,33)(H2,30,32,34);1-13,21H,14H2;2-4,6-7,10-12,21-22H,5,8-9,13-14H2,1H3;1-10,17,20-21H,11H2;4*1H. The Morgan fingerprint density at radius 1 is 0.638 bits per heavy atom. The molecule has 0 saturated carbocycles. The fraction of sp³-hybridized carbons (Fsp3) is 0.126. The summed E-state index contributed by atoms with van der Waals surface area (Å²) >= 11 is 13.9. The Labute approximate surface area is 629 Å². The molecule has 0 bridgehead atoms. The lowest BCUT2D eigenvalue weighted by atomic mass is 9.87. The predicted molar refractivity (Wildman–Crippen MR) is 435 cm³/mol. The summed E-state index contributed by atoms with van der Waals surface area (Å²) in [5.41, 5.74) is 18.2. The average molecular weight is 1450 g/mol. The number of rotatable bonds is 13. The molecule has 2 aliphatic heterocycles. The number of aliphatic imine (C=N–C) groups is 1. The number of ether oxygens (including phenoxy) is 1. The highest BCUT2D eigenvalue weighted by atomic mass is 35.5. The molecule has 2 aliphatic carbocycles. The van der Waals surface area contributed by atoms with Crippen LogP contribution < -0.4 is 36.6 Å². The highest BCUT2D eigenvalue weighted by Gasteiger charge is 2.31. The number of carbonyl (C=O) groups excluding carboxylic acids is 3. The summed E-state index contributed by atoms with van der Waals surface area (Å²) in [5.74, 6) is 1.52. The molecule has 105 heavy (non-hydrogen) atoms. The number of aryl methyl sites for hydroxylation is 1. The number of urea groups is 2. The molecule has 16 rings (SSSR count). The molecule has 0 radical (unpaired) electrons. The van der Waals surface area contributed by atoms with Gasteiger partial charge in [0.25, 0.3) is 5.69 Å². The molecule has 532 valence electrons. The molecule has 0 aromatic heterocycles. The highest BCUT2D eigenvalue weighted by Crippen LogP contribution is 2.47. The van der Waals surface area contributed by atoms with Gasteiger partial charge in [-0.1, -0.05) is 199 Å². The number of nitrogens with one attached hydrogen (secondary N) is 6. The zero-order valence-electron chi connectivity index (χ0n) is 57.3. The number of ketones is 1. The number of nitro groups is 1. The van der Waals surface area contributed by atoms with Gasteiger partial charge in [0, 0.05) is 81.8 Å². The lowest BCUT2D eigenvalue weighted by Crippen LogP contribution is -2.32. The first-order valence-electron chi connectivity index (χ1n) is 34.6. The molecule has 12 aromatic rings. The SMILES string of the molecule is Cc1ccc2c(c1)C1=C(C2)C(NCc2ccccc2)CCC1.O=C(Nc1ccc(Oc2ccc(NC(=O)Nc3ccccc3Cl)cc2)cc1)Nc1ccccc1Cl.O=C1CC(c2cccc(O)c2)Nc2ccc3ccccc3c21.O=[N+]([O-])c1ccc(C2CC(c3ccccc3)=Nc3ccccc3S2)cc1.[HH].[HH].[HH].[HH]. The molecule has 18 heteroatoms. The summed E-state index contributed by atoms with van der Waals surface area (Å²) in [6.07, 6.45) is 6.15. The van der Waals surface area contributed by atoms with Crippen LogP contribution >= 0.6 is 35.0 Å². The predicted octanol–water partition coefficient (Wildman–Crippen LogP) is 23.9. The summed E-state index contributed by atoms with van der Waals surface area (Å²) in [6.45, 7) is 3.17. The van der Waals surface area contributed by atoms with E-state index in [0.717, 1.165) is 74.4 Å². The van der Waals surface area contributed by atoms with Crippen molar-refractivity contribution in [3.63, 3.8) is 0 Å². The zero-order chi connectivity index (χ0) is 72.6. The third-order valence-electron chi connectivity index (χ3n) is 18.3. The van der Waals surface area contributed by atoms with Gasteiger partial charge in [-0.25, -0.2) is 9.59 Å². The first-order chi connectivity index (χ1) is 51.2. The van der Waals surface area contributed by atoms with Crippen LogP contribution in [0.5, 0.6) is 17.2 Å². The molecule has 0 fully saturated rings. The van der Waals surface area contributed by atoms with Crippen molar-refractivity contribution in [1.29, 1.82) is 0 Å². The van der Waals surface area contributed by atoms with E-state index in [0.29, 0.717) is 56.8 Å². The van der Waals surface area contributed by atoms with Crippen LogP contribution in [0.25, 0.3) is 16.3 Å². The Morgan fingerprint density at radius 2 is 1.26 bits per heavy atom. The minimum atomic E-state index is -0.409. The second-order valence-electron chi connectivity index (χ2n) is 25.6. The van der Waals surface area contributed by atoms with Gasteiger partial charge in [-0.05, 0) is 191 Å². The van der Waals surface area contributed by atoms with E-state index in [1.807, 2.05) is 91.0 Å². The van der Waals surface area contributed by atoms with Crippen LogP contribution in [0.2, 0.25) is 10.0 Å². The van der Waals surface area contributed by atoms with Crippen LogP contribution in [-0.4, -0.2) is 39.6 Å². The molecule has 4 aliphatic rings. The smallest absolute Gasteiger partial charge is 0.323 e. The van der Waals surface area contributed by atoms with Crippen molar-refractivity contribution in [2.75, 3.05) is 26.6 Å². The van der Waals surface area contributed by atoms with Gasteiger partial charge in [-0.3, -0.25) is 19.9 Å². The number of anilines is 5. The number of hydrogen-bond acceptors (Lipinski definition) is 11. The Balaban J connectivity index is 0.000000168. The van der Waals surface area contributed by atoms with Gasteiger partial charge in [0.2, 0.25) is 0 Å². The third kappa shape index (κ3) is 18.5. The minimum absolute atomic E-state index is 0. The van der Waals surface area contributed by atoms with Gasteiger partial charge >= 0.3 is 12.1 Å². The molecular weight excluding hydrogens is 1370 g/mol. The number of benzene rings is 12. The van der Waals surface area contributed by atoms with Crippen LogP contribution in [0.1, 0.15) is 98.4 Å². The number of hydrogen-bond donors (Lipinski definition) is 7. The lowest BCUT2D eigenvalue weighted by molar-refractivity contribution is -0.384. The molecule has 12 aromatic carbocycles. The van der Waals surface area contributed by atoms with Crippen LogP contribution in [0, 0.1) is 17.0 Å². The first kappa shape index (κ1) is 71.6. The second kappa shape index (κ2) is 34.0. The van der Waals surface area contributed by atoms with Gasteiger partial charge in [0.05, 0.1) is 38.1 Å². The van der Waals surface area contributed by atoms with Gasteiger partial charge in [-0.15, -0.1) is 11.8 Å². The van der Waals surface area contributed by atoms with Crippen LogP contribution in [0.4, 0.5) is 49.4 Å². The summed E-state index contributed by atoms with van der Waals surface area (Å²) in [5, 5.41) is 41.8. The van der Waals surface area contributed by atoms with Crippen molar-refractivity contribution in [3.8, 4) is 17.2 Å². The van der Waals surface area contributed by atoms with Crippen LogP contribution in [0.15, 0.2) is 301 Å². The van der Waals surface area contributed by atoms with E-state index < -0.39 is 12.1 Å². The van der Waals surface area contributed by atoms with E-state index in [1.54, 1.807) is 150 Å². The average Bonchev–Trinajstić information content (AvgIpc) is 1.63. The second-order valence-corrected chi connectivity index (χ2v) is 27.7. The summed E-state index contributed by atoms with van der Waals surface area (Å²) in [7, 11) is 0. The van der Waals surface area contributed by atoms with E-state index in [-0.39, 0.29) is 39.1 Å². The van der Waals surface area contributed by atoms with Gasteiger partial charge < -0.3 is 41.7 Å². The molecule has 3 atom stereocenters. The number of amides is 4. The third-order valence-corrected chi connectivity index (χ3v) is 20.3. The van der Waals surface area contributed by atoms with Gasteiger partial charge in [0.15, 0.2) is 5.78 Å². The number of non-ortho nitro benzene ring substituents is 1. The van der Waals surface area contributed by atoms with Crippen LogP contribution in [0.3, 0.4) is 0 Å². The molecule has 2 heterocycles. The van der Waals surface area contributed by atoms with Gasteiger partial charge in [0.1, 0.15) is 17.2 Å². The van der Waals surface area contributed by atoms with Crippen molar-refractivity contribution in [2.24, 2.45) is 4.99 Å². The molecule has 15 nitrogen and oxygen atoms in total. The molecule has 0 spiro atoms. The number of nitrogens with zero attached hydrogens (tertiary/aromatic N) is 2. The Kier molecular flexibility index (Phi) is 23.2. The number of carbonyl (C=O) groups is 3. The number of thioether (sulfide) groups is 1. The Hall–Kier alpha value is -11.8. The zero-order valence-corrected chi connectivity index (χ0v) is 59.6. The van der Waals surface area contributed by atoms with E-state index >= 15 is 0 Å². The maximum atomic E-state index is 12.7. The monoisotopic (exact) mass is 1450 g/mol. The maximum Gasteiger partial charge on any atom is 0.323 e. The van der Waals surface area contributed by atoms with E-state index in [9.17, 15) is 29.6 Å². The van der Waals surface area contributed by atoms with E-state index in [2.05, 4.69) is 106 Å². The maximum absolute atomic E-state index is 12.7. The lowest BCUT2D eigenvalue weighted by Gasteiger charge is -2.27.